The summed E-state index contributed by atoms with van der Waals surface area (Å²) < 4.78 is 0. The molecular weight excluding hydrogens is 204 g/mol. The monoisotopic (exact) mass is 220 g/mol. The van der Waals surface area contributed by atoms with Crippen molar-refractivity contribution in [2.24, 2.45) is 0 Å². The van der Waals surface area contributed by atoms with Crippen LogP contribution in [0.3, 0.4) is 0 Å². The van der Waals surface area contributed by atoms with Crippen LogP contribution < -0.4 is 10.6 Å². The minimum absolute atomic E-state index is 0.0738. The second-order valence-corrected chi connectivity index (χ2v) is 3.44. The van der Waals surface area contributed by atoms with Gasteiger partial charge in [-0.15, -0.1) is 0 Å². The maximum absolute atomic E-state index is 11.5. The molecule has 0 aliphatic carbocycles. The van der Waals surface area contributed by atoms with Crippen molar-refractivity contribution in [1.82, 2.24) is 5.32 Å². The normalized spacial score (nSPS) is 9.88. The Morgan fingerprint density at radius 3 is 2.69 bits per heavy atom. The number of rotatable bonds is 5. The van der Waals surface area contributed by atoms with Crippen LogP contribution in [0.25, 0.3) is 0 Å². The fourth-order valence-electron chi connectivity index (χ4n) is 1.34. The Hall–Kier alpha value is -1.68. The molecule has 0 spiro atoms. The largest absolute Gasteiger partial charge is 0.325 e. The highest BCUT2D eigenvalue weighted by Gasteiger charge is 2.05. The number of amides is 1. The van der Waals surface area contributed by atoms with E-state index in [1.54, 1.807) is 31.3 Å². The van der Waals surface area contributed by atoms with Crippen molar-refractivity contribution >= 4 is 17.4 Å². The Morgan fingerprint density at radius 1 is 1.31 bits per heavy atom. The van der Waals surface area contributed by atoms with Gasteiger partial charge in [0.15, 0.2) is 5.78 Å². The average Bonchev–Trinajstić information content (AvgIpc) is 2.28. The van der Waals surface area contributed by atoms with Gasteiger partial charge in [0, 0.05) is 17.7 Å². The number of anilines is 1. The van der Waals surface area contributed by atoms with Crippen LogP contribution in [0.4, 0.5) is 5.69 Å². The molecule has 0 unspecified atom stereocenters. The van der Waals surface area contributed by atoms with Crippen LogP contribution in [0.5, 0.6) is 0 Å². The van der Waals surface area contributed by atoms with E-state index in [1.807, 2.05) is 6.92 Å². The molecular formula is C12H16N2O2. The van der Waals surface area contributed by atoms with E-state index in [0.717, 1.165) is 0 Å². The van der Waals surface area contributed by atoms with Gasteiger partial charge in [-0.1, -0.05) is 19.1 Å². The summed E-state index contributed by atoms with van der Waals surface area (Å²) in [6, 6.07) is 6.97. The molecule has 1 rings (SSSR count). The van der Waals surface area contributed by atoms with Crippen molar-refractivity contribution in [3.05, 3.63) is 29.8 Å². The third kappa shape index (κ3) is 3.47. The van der Waals surface area contributed by atoms with Crippen LogP contribution >= 0.6 is 0 Å². The molecule has 1 amide bonds. The molecule has 0 fully saturated rings. The Kier molecular flexibility index (Phi) is 4.66. The second kappa shape index (κ2) is 6.02. The first-order valence-electron chi connectivity index (χ1n) is 5.25. The first-order valence-corrected chi connectivity index (χ1v) is 5.25. The van der Waals surface area contributed by atoms with E-state index in [0.29, 0.717) is 17.7 Å². The molecule has 0 bridgehead atoms. The van der Waals surface area contributed by atoms with Gasteiger partial charge in [0.25, 0.3) is 0 Å². The van der Waals surface area contributed by atoms with Crippen LogP contribution in [-0.4, -0.2) is 25.3 Å². The fraction of sp³-hybridized carbons (Fsp3) is 0.333. The third-order valence-electron chi connectivity index (χ3n) is 2.13. The van der Waals surface area contributed by atoms with Crippen LogP contribution in [0.2, 0.25) is 0 Å². The molecule has 2 N–H and O–H groups in total. The fourth-order valence-corrected chi connectivity index (χ4v) is 1.34. The summed E-state index contributed by atoms with van der Waals surface area (Å²) >= 11 is 0. The Bertz CT molecular complexity index is 388. The molecule has 0 aromatic heterocycles. The molecule has 4 heteroatoms. The van der Waals surface area contributed by atoms with Crippen molar-refractivity contribution < 1.29 is 9.59 Å². The van der Waals surface area contributed by atoms with Gasteiger partial charge in [-0.3, -0.25) is 9.59 Å². The molecule has 0 atom stereocenters. The standard InChI is InChI=1S/C12H16N2O2/c1-3-11(15)9-5-4-6-10(7-9)14-12(16)8-13-2/h4-7,13H,3,8H2,1-2H3,(H,14,16). The van der Waals surface area contributed by atoms with E-state index in [4.69, 9.17) is 0 Å². The van der Waals surface area contributed by atoms with Gasteiger partial charge in [0.05, 0.1) is 6.54 Å². The van der Waals surface area contributed by atoms with E-state index in [2.05, 4.69) is 10.6 Å². The molecule has 0 aliphatic rings. The number of hydrogen-bond acceptors (Lipinski definition) is 3. The number of hydrogen-bond donors (Lipinski definition) is 2. The van der Waals surface area contributed by atoms with Gasteiger partial charge in [0.2, 0.25) is 5.91 Å². The van der Waals surface area contributed by atoms with Crippen molar-refractivity contribution in [2.45, 2.75) is 13.3 Å². The number of nitrogens with one attached hydrogen (secondary N) is 2. The van der Waals surface area contributed by atoms with Gasteiger partial charge < -0.3 is 10.6 Å². The van der Waals surface area contributed by atoms with E-state index < -0.39 is 0 Å². The summed E-state index contributed by atoms with van der Waals surface area (Å²) in [5, 5.41) is 5.47. The molecule has 0 radical (unpaired) electrons. The van der Waals surface area contributed by atoms with E-state index in [-0.39, 0.29) is 18.2 Å². The molecule has 4 nitrogen and oxygen atoms in total. The minimum atomic E-state index is -0.122. The van der Waals surface area contributed by atoms with Gasteiger partial charge in [-0.2, -0.15) is 0 Å². The summed E-state index contributed by atoms with van der Waals surface area (Å²) in [7, 11) is 1.70. The highest BCUT2D eigenvalue weighted by Crippen LogP contribution is 2.12. The summed E-state index contributed by atoms with van der Waals surface area (Å²) in [6.07, 6.45) is 0.466. The number of carbonyl (C=O) groups is 2. The minimum Gasteiger partial charge on any atom is -0.325 e. The summed E-state index contributed by atoms with van der Waals surface area (Å²) in [4.78, 5) is 22.8. The maximum atomic E-state index is 11.5. The maximum Gasteiger partial charge on any atom is 0.238 e. The zero-order valence-corrected chi connectivity index (χ0v) is 9.54. The SMILES string of the molecule is CCC(=O)c1cccc(NC(=O)CNC)c1. The highest BCUT2D eigenvalue weighted by atomic mass is 16.2. The summed E-state index contributed by atoms with van der Waals surface area (Å²) in [5.74, 6) is -0.0479. The van der Waals surface area contributed by atoms with E-state index in [9.17, 15) is 9.59 Å². The lowest BCUT2D eigenvalue weighted by molar-refractivity contribution is -0.115. The number of ketones is 1. The molecule has 86 valence electrons. The number of Topliss-reactive ketones (excluding diaryl/α,β-unsaturated/α-hetero) is 1. The van der Waals surface area contributed by atoms with Crippen molar-refractivity contribution in [1.29, 1.82) is 0 Å². The first-order chi connectivity index (χ1) is 7.67. The smallest absolute Gasteiger partial charge is 0.238 e. The zero-order valence-electron chi connectivity index (χ0n) is 9.54. The third-order valence-corrected chi connectivity index (χ3v) is 2.13. The number of carbonyl (C=O) groups excluding carboxylic acids is 2. The van der Waals surface area contributed by atoms with Gasteiger partial charge in [-0.05, 0) is 19.2 Å². The van der Waals surface area contributed by atoms with Gasteiger partial charge >= 0.3 is 0 Å². The molecule has 0 heterocycles. The Balaban J connectivity index is 2.74. The quantitative estimate of drug-likeness (QED) is 0.738. The van der Waals surface area contributed by atoms with E-state index >= 15 is 0 Å². The average molecular weight is 220 g/mol. The number of benzene rings is 1. The van der Waals surface area contributed by atoms with Crippen molar-refractivity contribution in [3.8, 4) is 0 Å². The molecule has 0 saturated carbocycles. The first kappa shape index (κ1) is 12.4. The van der Waals surface area contributed by atoms with E-state index in [1.165, 1.54) is 0 Å². The van der Waals surface area contributed by atoms with Crippen molar-refractivity contribution in [3.63, 3.8) is 0 Å². The zero-order chi connectivity index (χ0) is 12.0. The molecule has 0 saturated heterocycles. The second-order valence-electron chi connectivity index (χ2n) is 3.44. The lowest BCUT2D eigenvalue weighted by atomic mass is 10.1. The van der Waals surface area contributed by atoms with Crippen LogP contribution in [0, 0.1) is 0 Å². The Labute approximate surface area is 95.0 Å². The van der Waals surface area contributed by atoms with Crippen LogP contribution in [-0.2, 0) is 4.79 Å². The van der Waals surface area contributed by atoms with Gasteiger partial charge in [-0.25, -0.2) is 0 Å². The molecule has 1 aromatic rings. The summed E-state index contributed by atoms with van der Waals surface area (Å²) in [5.41, 5.74) is 1.28. The van der Waals surface area contributed by atoms with Crippen LogP contribution in [0.1, 0.15) is 23.7 Å². The Morgan fingerprint density at radius 2 is 2.06 bits per heavy atom. The number of likely N-dealkylation sites (N-methyl/N-ethyl adjacent to an activating group) is 1. The predicted octanol–water partition coefficient (Wildman–Crippen LogP) is 1.44. The topological polar surface area (TPSA) is 58.2 Å². The summed E-state index contributed by atoms with van der Waals surface area (Å²) in [6.45, 7) is 2.07. The molecule has 1 aromatic carbocycles. The lowest BCUT2D eigenvalue weighted by Gasteiger charge is -2.06. The predicted molar refractivity (Wildman–Crippen MR) is 63.6 cm³/mol. The van der Waals surface area contributed by atoms with Crippen molar-refractivity contribution in [2.75, 3.05) is 18.9 Å². The lowest BCUT2D eigenvalue weighted by Crippen LogP contribution is -2.25. The van der Waals surface area contributed by atoms with Gasteiger partial charge in [0.1, 0.15) is 0 Å². The van der Waals surface area contributed by atoms with Crippen LogP contribution in [0.15, 0.2) is 24.3 Å². The highest BCUT2D eigenvalue weighted by molar-refractivity contribution is 5.98. The molecule has 0 aliphatic heterocycles. The molecule has 16 heavy (non-hydrogen) atoms.